The van der Waals surface area contributed by atoms with Crippen molar-refractivity contribution in [3.8, 4) is 0 Å². The van der Waals surface area contributed by atoms with Gasteiger partial charge in [-0.3, -0.25) is 9.59 Å². The number of nitrogens with one attached hydrogen (secondary N) is 2. The largest absolute Gasteiger partial charge is 0.416 e. The highest BCUT2D eigenvalue weighted by molar-refractivity contribution is 5.89. The highest BCUT2D eigenvalue weighted by Crippen LogP contribution is 2.30. The highest BCUT2D eigenvalue weighted by atomic mass is 35.5. The molecule has 0 bridgehead atoms. The van der Waals surface area contributed by atoms with Crippen LogP contribution in [0.3, 0.4) is 0 Å². The van der Waals surface area contributed by atoms with Crippen molar-refractivity contribution in [2.45, 2.75) is 38.0 Å². The minimum atomic E-state index is -4.41. The van der Waals surface area contributed by atoms with Crippen molar-refractivity contribution < 1.29 is 22.8 Å². The molecule has 2 saturated heterocycles. The van der Waals surface area contributed by atoms with E-state index < -0.39 is 17.7 Å². The Labute approximate surface area is 162 Å². The van der Waals surface area contributed by atoms with Crippen molar-refractivity contribution in [3.63, 3.8) is 0 Å². The van der Waals surface area contributed by atoms with Crippen LogP contribution in [0.4, 0.5) is 13.2 Å². The lowest BCUT2D eigenvalue weighted by atomic mass is 10.1. The molecule has 2 aliphatic rings. The smallest absolute Gasteiger partial charge is 0.354 e. The summed E-state index contributed by atoms with van der Waals surface area (Å²) in [5.41, 5.74) is -0.329. The Morgan fingerprint density at radius 1 is 1.33 bits per heavy atom. The van der Waals surface area contributed by atoms with Gasteiger partial charge in [-0.1, -0.05) is 12.1 Å². The van der Waals surface area contributed by atoms with E-state index in [0.717, 1.165) is 31.5 Å². The van der Waals surface area contributed by atoms with Gasteiger partial charge in [-0.05, 0) is 37.1 Å². The molecule has 3 rings (SSSR count). The Morgan fingerprint density at radius 2 is 2.11 bits per heavy atom. The van der Waals surface area contributed by atoms with Crippen molar-refractivity contribution >= 4 is 24.2 Å². The molecule has 9 heteroatoms. The van der Waals surface area contributed by atoms with Gasteiger partial charge in [0, 0.05) is 32.1 Å². The number of likely N-dealkylation sites (tertiary alicyclic amines) is 1. The average Bonchev–Trinajstić information content (AvgIpc) is 3.23. The third-order valence-corrected chi connectivity index (χ3v) is 4.90. The normalized spacial score (nSPS) is 22.6. The van der Waals surface area contributed by atoms with Crippen LogP contribution in [0.25, 0.3) is 0 Å². The molecule has 0 spiro atoms. The van der Waals surface area contributed by atoms with E-state index in [0.29, 0.717) is 12.1 Å². The Hall–Kier alpha value is -1.80. The van der Waals surface area contributed by atoms with Crippen LogP contribution in [0.2, 0.25) is 0 Å². The van der Waals surface area contributed by atoms with Gasteiger partial charge in [-0.25, -0.2) is 0 Å². The van der Waals surface area contributed by atoms with E-state index in [1.807, 2.05) is 0 Å². The Morgan fingerprint density at radius 3 is 2.78 bits per heavy atom. The molecule has 2 amide bonds. The summed E-state index contributed by atoms with van der Waals surface area (Å²) in [7, 11) is 0. The number of hydrogen-bond donors (Lipinski definition) is 2. The molecule has 0 saturated carbocycles. The summed E-state index contributed by atoms with van der Waals surface area (Å²) in [5.74, 6) is -0.824. The number of benzene rings is 1. The van der Waals surface area contributed by atoms with E-state index in [-0.39, 0.29) is 49.8 Å². The van der Waals surface area contributed by atoms with Crippen LogP contribution < -0.4 is 10.6 Å². The zero-order valence-corrected chi connectivity index (χ0v) is 15.5. The number of amides is 2. The van der Waals surface area contributed by atoms with Gasteiger partial charge in [-0.2, -0.15) is 13.2 Å². The minimum absolute atomic E-state index is 0. The minimum Gasteiger partial charge on any atom is -0.354 e. The first-order chi connectivity index (χ1) is 12.3. The van der Waals surface area contributed by atoms with Gasteiger partial charge in [0.1, 0.15) is 0 Å². The van der Waals surface area contributed by atoms with E-state index in [1.54, 1.807) is 6.07 Å². The van der Waals surface area contributed by atoms with E-state index in [2.05, 4.69) is 10.6 Å². The fourth-order valence-electron chi connectivity index (χ4n) is 3.47. The summed E-state index contributed by atoms with van der Waals surface area (Å²) < 4.78 is 38.4. The van der Waals surface area contributed by atoms with Crippen LogP contribution in [-0.2, 0) is 22.3 Å². The number of carbonyl (C=O) groups excluding carboxylic acids is 2. The zero-order chi connectivity index (χ0) is 18.7. The monoisotopic (exact) mass is 405 g/mol. The molecule has 0 radical (unpaired) electrons. The standard InChI is InChI=1S/C18H22F3N3O2.ClH/c19-18(20,21)14-4-1-3-12(7-14)10-24-11-13(8-16(24)25)17(26)23-9-15-5-2-6-22-15;/h1,3-4,7,13,15,22H,2,5-6,8-11H2,(H,23,26);1H. The molecule has 0 aromatic heterocycles. The van der Waals surface area contributed by atoms with Gasteiger partial charge >= 0.3 is 6.18 Å². The van der Waals surface area contributed by atoms with E-state index in [1.165, 1.54) is 11.0 Å². The fraction of sp³-hybridized carbons (Fsp3) is 0.556. The molecule has 2 N–H and O–H groups in total. The average molecular weight is 406 g/mol. The fourth-order valence-corrected chi connectivity index (χ4v) is 3.47. The Kier molecular flexibility index (Phi) is 7.11. The Balaban J connectivity index is 0.00000261. The molecule has 2 aliphatic heterocycles. The van der Waals surface area contributed by atoms with E-state index >= 15 is 0 Å². The van der Waals surface area contributed by atoms with Crippen molar-refractivity contribution in [2.24, 2.45) is 5.92 Å². The Bertz CT molecular complexity index is 678. The van der Waals surface area contributed by atoms with Crippen molar-refractivity contribution in [1.29, 1.82) is 0 Å². The lowest BCUT2D eigenvalue weighted by Crippen LogP contribution is -2.40. The van der Waals surface area contributed by atoms with Gasteiger partial charge in [0.15, 0.2) is 0 Å². The molecule has 5 nitrogen and oxygen atoms in total. The number of alkyl halides is 3. The third-order valence-electron chi connectivity index (χ3n) is 4.90. The second-order valence-electron chi connectivity index (χ2n) is 6.91. The van der Waals surface area contributed by atoms with Gasteiger partial charge in [0.2, 0.25) is 11.8 Å². The molecule has 2 atom stereocenters. The summed E-state index contributed by atoms with van der Waals surface area (Å²) in [6.45, 7) is 1.81. The second-order valence-corrected chi connectivity index (χ2v) is 6.91. The molecule has 2 heterocycles. The van der Waals surface area contributed by atoms with Crippen molar-refractivity contribution in [3.05, 3.63) is 35.4 Å². The van der Waals surface area contributed by atoms with Gasteiger partial charge in [-0.15, -0.1) is 12.4 Å². The van der Waals surface area contributed by atoms with Crippen molar-refractivity contribution in [1.82, 2.24) is 15.5 Å². The summed E-state index contributed by atoms with van der Waals surface area (Å²) in [6.07, 6.45) is -2.20. The second kappa shape index (κ2) is 8.93. The predicted molar refractivity (Wildman–Crippen MR) is 96.3 cm³/mol. The van der Waals surface area contributed by atoms with Gasteiger partial charge < -0.3 is 15.5 Å². The summed E-state index contributed by atoms with van der Waals surface area (Å²) in [4.78, 5) is 25.9. The molecule has 27 heavy (non-hydrogen) atoms. The molecular weight excluding hydrogens is 383 g/mol. The van der Waals surface area contributed by atoms with E-state index in [9.17, 15) is 22.8 Å². The summed E-state index contributed by atoms with van der Waals surface area (Å²) in [6, 6.07) is 5.21. The maximum absolute atomic E-state index is 12.8. The van der Waals surface area contributed by atoms with Gasteiger partial charge in [0.25, 0.3) is 0 Å². The number of halogens is 4. The molecule has 1 aromatic carbocycles. The zero-order valence-electron chi connectivity index (χ0n) is 14.7. The molecule has 2 unspecified atom stereocenters. The molecule has 0 aliphatic carbocycles. The maximum atomic E-state index is 12.8. The lowest BCUT2D eigenvalue weighted by Gasteiger charge is -2.18. The maximum Gasteiger partial charge on any atom is 0.416 e. The lowest BCUT2D eigenvalue weighted by molar-refractivity contribution is -0.137. The molecule has 1 aromatic rings. The van der Waals surface area contributed by atoms with Crippen LogP contribution in [-0.4, -0.2) is 42.4 Å². The first-order valence-corrected chi connectivity index (χ1v) is 8.78. The molecule has 150 valence electrons. The predicted octanol–water partition coefficient (Wildman–Crippen LogP) is 2.34. The van der Waals surface area contributed by atoms with Crippen LogP contribution in [0.15, 0.2) is 24.3 Å². The number of carbonyl (C=O) groups is 2. The molecule has 2 fully saturated rings. The van der Waals surface area contributed by atoms with E-state index in [4.69, 9.17) is 0 Å². The van der Waals surface area contributed by atoms with Crippen LogP contribution >= 0.6 is 12.4 Å². The van der Waals surface area contributed by atoms with Crippen LogP contribution in [0.1, 0.15) is 30.4 Å². The number of rotatable bonds is 5. The quantitative estimate of drug-likeness (QED) is 0.790. The highest BCUT2D eigenvalue weighted by Gasteiger charge is 2.35. The topological polar surface area (TPSA) is 61.4 Å². The first-order valence-electron chi connectivity index (χ1n) is 8.78. The number of nitrogens with zero attached hydrogens (tertiary/aromatic N) is 1. The van der Waals surface area contributed by atoms with Crippen molar-refractivity contribution in [2.75, 3.05) is 19.6 Å². The summed E-state index contributed by atoms with van der Waals surface area (Å²) >= 11 is 0. The summed E-state index contributed by atoms with van der Waals surface area (Å²) in [5, 5.41) is 6.16. The first kappa shape index (κ1) is 21.5. The third kappa shape index (κ3) is 5.59. The molecular formula is C18H23ClF3N3O2. The number of hydrogen-bond acceptors (Lipinski definition) is 3. The van der Waals surface area contributed by atoms with Crippen LogP contribution in [0.5, 0.6) is 0 Å². The van der Waals surface area contributed by atoms with Crippen LogP contribution in [0, 0.1) is 5.92 Å². The van der Waals surface area contributed by atoms with Gasteiger partial charge in [0.05, 0.1) is 11.5 Å². The SMILES string of the molecule is Cl.O=C(NCC1CCCN1)C1CC(=O)N(Cc2cccc(C(F)(F)F)c2)C1.